The van der Waals surface area contributed by atoms with E-state index in [0.29, 0.717) is 12.5 Å². The average molecular weight is 296 g/mol. The molecule has 0 bridgehead atoms. The first-order valence-corrected chi connectivity index (χ1v) is 8.16. The molecule has 0 unspecified atom stereocenters. The van der Waals surface area contributed by atoms with E-state index in [2.05, 4.69) is 19.2 Å². The molecule has 0 spiro atoms. The number of nitrogens with zero attached hydrogens (tertiary/aromatic N) is 1. The van der Waals surface area contributed by atoms with Crippen molar-refractivity contribution in [2.45, 2.75) is 52.4 Å². The molecule has 21 heavy (non-hydrogen) atoms. The molecule has 5 nitrogen and oxygen atoms in total. The lowest BCUT2D eigenvalue weighted by molar-refractivity contribution is -0.141. The van der Waals surface area contributed by atoms with Gasteiger partial charge in [-0.05, 0) is 42.9 Å². The fraction of sp³-hybridized carbons (Fsp3) is 0.875. The number of carbonyl (C=O) groups excluding carboxylic acids is 1. The van der Waals surface area contributed by atoms with Crippen molar-refractivity contribution in [2.24, 2.45) is 17.3 Å². The number of piperidine rings is 1. The van der Waals surface area contributed by atoms with Crippen LogP contribution >= 0.6 is 0 Å². The van der Waals surface area contributed by atoms with Crippen LogP contribution in [-0.4, -0.2) is 41.6 Å². The summed E-state index contributed by atoms with van der Waals surface area (Å²) in [6.45, 7) is 6.63. The summed E-state index contributed by atoms with van der Waals surface area (Å²) < 4.78 is 0. The molecule has 1 saturated heterocycles. The number of hydrogen-bond donors (Lipinski definition) is 2. The number of amides is 2. The van der Waals surface area contributed by atoms with Gasteiger partial charge in [0.25, 0.3) is 0 Å². The highest BCUT2D eigenvalue weighted by atomic mass is 16.4. The van der Waals surface area contributed by atoms with Gasteiger partial charge in [0.1, 0.15) is 0 Å². The average Bonchev–Trinajstić information content (AvgIpc) is 2.41. The Labute approximate surface area is 127 Å². The second-order valence-corrected chi connectivity index (χ2v) is 7.15. The second-order valence-electron chi connectivity index (χ2n) is 7.15. The molecule has 2 fully saturated rings. The minimum Gasteiger partial charge on any atom is -0.481 e. The highest BCUT2D eigenvalue weighted by Crippen LogP contribution is 2.43. The van der Waals surface area contributed by atoms with E-state index < -0.39 is 5.97 Å². The number of carbonyl (C=O) groups is 2. The highest BCUT2D eigenvalue weighted by Gasteiger charge is 2.39. The number of likely N-dealkylation sites (tertiary alicyclic amines) is 1. The smallest absolute Gasteiger partial charge is 0.317 e. The first-order chi connectivity index (χ1) is 9.92. The third-order valence-electron chi connectivity index (χ3n) is 5.32. The standard InChI is InChI=1S/C16H28N2O3/c1-12(2)13-4-8-18(9-5-13)15(21)17-11-16(6-3-7-16)10-14(19)20/h12-13H,3-11H2,1-2H3,(H,17,21)(H,19,20). The summed E-state index contributed by atoms with van der Waals surface area (Å²) >= 11 is 0. The van der Waals surface area contributed by atoms with Crippen LogP contribution < -0.4 is 5.32 Å². The van der Waals surface area contributed by atoms with E-state index in [1.54, 1.807) is 0 Å². The van der Waals surface area contributed by atoms with Crippen LogP contribution in [0.15, 0.2) is 0 Å². The molecule has 1 aliphatic carbocycles. The summed E-state index contributed by atoms with van der Waals surface area (Å²) in [7, 11) is 0. The van der Waals surface area contributed by atoms with Crippen LogP contribution in [0.5, 0.6) is 0 Å². The molecular weight excluding hydrogens is 268 g/mol. The van der Waals surface area contributed by atoms with Crippen LogP contribution in [0.1, 0.15) is 52.4 Å². The van der Waals surface area contributed by atoms with Gasteiger partial charge in [0.05, 0.1) is 6.42 Å². The summed E-state index contributed by atoms with van der Waals surface area (Å²) in [6.07, 6.45) is 5.21. The van der Waals surface area contributed by atoms with E-state index in [0.717, 1.165) is 51.1 Å². The van der Waals surface area contributed by atoms with Gasteiger partial charge in [0.15, 0.2) is 0 Å². The molecule has 0 aromatic heterocycles. The molecule has 120 valence electrons. The molecule has 2 aliphatic rings. The minimum atomic E-state index is -0.762. The van der Waals surface area contributed by atoms with Crippen LogP contribution in [-0.2, 0) is 4.79 Å². The lowest BCUT2D eigenvalue weighted by Crippen LogP contribution is -2.50. The van der Waals surface area contributed by atoms with E-state index in [1.807, 2.05) is 4.90 Å². The molecule has 0 aromatic carbocycles. The van der Waals surface area contributed by atoms with Crippen molar-refractivity contribution in [3.8, 4) is 0 Å². The Morgan fingerprint density at radius 3 is 2.33 bits per heavy atom. The zero-order chi connectivity index (χ0) is 15.5. The Kier molecular flexibility index (Phi) is 5.12. The maximum Gasteiger partial charge on any atom is 0.317 e. The number of aliphatic carboxylic acids is 1. The van der Waals surface area contributed by atoms with E-state index in [4.69, 9.17) is 5.11 Å². The Morgan fingerprint density at radius 1 is 1.29 bits per heavy atom. The molecule has 5 heteroatoms. The van der Waals surface area contributed by atoms with E-state index in [1.165, 1.54) is 0 Å². The van der Waals surface area contributed by atoms with Crippen LogP contribution in [0.4, 0.5) is 4.79 Å². The summed E-state index contributed by atoms with van der Waals surface area (Å²) in [5, 5.41) is 12.0. The lowest BCUT2D eigenvalue weighted by Gasteiger charge is -2.41. The predicted octanol–water partition coefficient (Wildman–Crippen LogP) is 2.71. The third-order valence-corrected chi connectivity index (χ3v) is 5.32. The Morgan fingerprint density at radius 2 is 1.90 bits per heavy atom. The number of hydrogen-bond acceptors (Lipinski definition) is 2. The Hall–Kier alpha value is -1.26. The van der Waals surface area contributed by atoms with E-state index in [9.17, 15) is 9.59 Å². The molecule has 2 N–H and O–H groups in total. The van der Waals surface area contributed by atoms with Crippen molar-refractivity contribution < 1.29 is 14.7 Å². The second kappa shape index (κ2) is 6.67. The van der Waals surface area contributed by atoms with Gasteiger partial charge >= 0.3 is 12.0 Å². The normalized spacial score (nSPS) is 22.0. The maximum absolute atomic E-state index is 12.2. The van der Waals surface area contributed by atoms with Gasteiger partial charge in [-0.2, -0.15) is 0 Å². The van der Waals surface area contributed by atoms with Gasteiger partial charge in [-0.1, -0.05) is 20.3 Å². The maximum atomic E-state index is 12.2. The molecule has 1 heterocycles. The van der Waals surface area contributed by atoms with Crippen LogP contribution in [0, 0.1) is 17.3 Å². The first kappa shape index (κ1) is 16.1. The van der Waals surface area contributed by atoms with Crippen LogP contribution in [0.3, 0.4) is 0 Å². The third kappa shape index (κ3) is 4.11. The summed E-state index contributed by atoms with van der Waals surface area (Å²) in [5.41, 5.74) is -0.197. The topological polar surface area (TPSA) is 69.6 Å². The largest absolute Gasteiger partial charge is 0.481 e. The van der Waals surface area contributed by atoms with Crippen molar-refractivity contribution in [1.29, 1.82) is 0 Å². The van der Waals surface area contributed by atoms with Gasteiger partial charge in [-0.3, -0.25) is 4.79 Å². The monoisotopic (exact) mass is 296 g/mol. The van der Waals surface area contributed by atoms with Gasteiger partial charge in [-0.15, -0.1) is 0 Å². The molecule has 2 amide bonds. The minimum absolute atomic E-state index is 0.0196. The number of nitrogens with one attached hydrogen (secondary N) is 1. The van der Waals surface area contributed by atoms with E-state index in [-0.39, 0.29) is 17.9 Å². The summed E-state index contributed by atoms with van der Waals surface area (Å²) in [4.78, 5) is 25.0. The van der Waals surface area contributed by atoms with Crippen LogP contribution in [0.2, 0.25) is 0 Å². The number of carboxylic acids is 1. The number of rotatable bonds is 5. The molecule has 0 atom stereocenters. The summed E-state index contributed by atoms with van der Waals surface area (Å²) in [5.74, 6) is 0.643. The first-order valence-electron chi connectivity index (χ1n) is 8.16. The van der Waals surface area contributed by atoms with Gasteiger partial charge < -0.3 is 15.3 Å². The number of carboxylic acid groups (broad SMARTS) is 1. The van der Waals surface area contributed by atoms with Crippen molar-refractivity contribution in [3.05, 3.63) is 0 Å². The van der Waals surface area contributed by atoms with Gasteiger partial charge in [-0.25, -0.2) is 4.79 Å². The fourth-order valence-corrected chi connectivity index (χ4v) is 3.56. The number of urea groups is 1. The van der Waals surface area contributed by atoms with E-state index >= 15 is 0 Å². The molecule has 0 aromatic rings. The fourth-order valence-electron chi connectivity index (χ4n) is 3.56. The molecule has 0 radical (unpaired) electrons. The van der Waals surface area contributed by atoms with Crippen LogP contribution in [0.25, 0.3) is 0 Å². The van der Waals surface area contributed by atoms with Crippen molar-refractivity contribution >= 4 is 12.0 Å². The SMILES string of the molecule is CC(C)C1CCN(C(=O)NCC2(CC(=O)O)CCC2)CC1. The molecule has 2 rings (SSSR count). The van der Waals surface area contributed by atoms with Gasteiger partial charge in [0.2, 0.25) is 0 Å². The van der Waals surface area contributed by atoms with Crippen molar-refractivity contribution in [1.82, 2.24) is 10.2 Å². The Bertz CT molecular complexity index is 383. The zero-order valence-corrected chi connectivity index (χ0v) is 13.2. The highest BCUT2D eigenvalue weighted by molar-refractivity contribution is 5.74. The quantitative estimate of drug-likeness (QED) is 0.819. The zero-order valence-electron chi connectivity index (χ0n) is 13.2. The van der Waals surface area contributed by atoms with Crippen molar-refractivity contribution in [3.63, 3.8) is 0 Å². The molecular formula is C16H28N2O3. The predicted molar refractivity (Wildman–Crippen MR) is 81.1 cm³/mol. The van der Waals surface area contributed by atoms with Crippen molar-refractivity contribution in [2.75, 3.05) is 19.6 Å². The lowest BCUT2D eigenvalue weighted by atomic mass is 9.66. The molecule has 1 aliphatic heterocycles. The Balaban J connectivity index is 1.76. The summed E-state index contributed by atoms with van der Waals surface area (Å²) in [6, 6.07) is -0.0196. The van der Waals surface area contributed by atoms with Gasteiger partial charge in [0, 0.05) is 19.6 Å². The molecule has 1 saturated carbocycles.